The molecule has 0 spiro atoms. The first-order valence-corrected chi connectivity index (χ1v) is 11.9. The van der Waals surface area contributed by atoms with Crippen LogP contribution in [-0.2, 0) is 13.1 Å². The number of amidine groups is 1. The minimum atomic E-state index is -5.01. The largest absolute Gasteiger partial charge is 0.416 e. The highest BCUT2D eigenvalue weighted by molar-refractivity contribution is 6.40. The van der Waals surface area contributed by atoms with Crippen LogP contribution in [0, 0.1) is 0 Å². The van der Waals surface area contributed by atoms with Gasteiger partial charge < -0.3 is 5.11 Å². The second-order valence-corrected chi connectivity index (χ2v) is 9.61. The number of aromatic nitrogens is 3. The normalized spacial score (nSPS) is 17.2. The number of nitrogens with one attached hydrogen (secondary N) is 1. The van der Waals surface area contributed by atoms with Crippen molar-refractivity contribution in [1.29, 1.82) is 0 Å². The molecule has 0 saturated heterocycles. The number of alkyl halides is 5. The Labute approximate surface area is 226 Å². The van der Waals surface area contributed by atoms with Crippen molar-refractivity contribution < 1.29 is 27.1 Å². The number of halogens is 8. The lowest BCUT2D eigenvalue weighted by Gasteiger charge is -2.26. The molecule has 0 saturated carbocycles. The summed E-state index contributed by atoms with van der Waals surface area (Å²) in [5.74, 6) is -4.43. The van der Waals surface area contributed by atoms with Crippen molar-refractivity contribution >= 4 is 46.3 Å². The maximum Gasteiger partial charge on any atom is 0.416 e. The molecule has 2 atom stereocenters. The summed E-state index contributed by atoms with van der Waals surface area (Å²) in [6.07, 6.45) is -9.09. The molecule has 4 rings (SSSR count). The third kappa shape index (κ3) is 5.81. The molecule has 0 fully saturated rings. The number of benzene rings is 2. The van der Waals surface area contributed by atoms with Crippen molar-refractivity contribution in [3.05, 3.63) is 68.0 Å². The Morgan fingerprint density at radius 2 is 1.66 bits per heavy atom. The monoisotopic (exact) mass is 598 g/mol. The zero-order valence-corrected chi connectivity index (χ0v) is 21.5. The van der Waals surface area contributed by atoms with Gasteiger partial charge in [-0.05, 0) is 36.4 Å². The molecule has 1 aliphatic rings. The number of hydrogen-bond acceptors (Lipinski definition) is 6. The molecule has 38 heavy (non-hydrogen) atoms. The van der Waals surface area contributed by atoms with Gasteiger partial charge in [-0.2, -0.15) is 22.0 Å². The van der Waals surface area contributed by atoms with Crippen LogP contribution in [0.3, 0.4) is 0 Å². The fourth-order valence-corrected chi connectivity index (χ4v) is 4.38. The van der Waals surface area contributed by atoms with E-state index in [1.165, 1.54) is 42.5 Å². The molecule has 2 N–H and O–H groups in total. The van der Waals surface area contributed by atoms with Crippen LogP contribution in [0.2, 0.25) is 15.1 Å². The van der Waals surface area contributed by atoms with Gasteiger partial charge in [0.05, 0.1) is 28.8 Å². The lowest BCUT2D eigenvalue weighted by Crippen LogP contribution is -2.48. The molecule has 2 heterocycles. The van der Waals surface area contributed by atoms with Crippen molar-refractivity contribution in [2.75, 3.05) is 5.01 Å². The van der Waals surface area contributed by atoms with Crippen LogP contribution in [0.15, 0.2) is 52.3 Å². The van der Waals surface area contributed by atoms with Gasteiger partial charge in [0.15, 0.2) is 17.8 Å². The fraction of sp³-hybridized carbons (Fsp3) is 0.318. The Morgan fingerprint density at radius 3 is 2.21 bits per heavy atom. The van der Waals surface area contributed by atoms with E-state index in [1.807, 2.05) is 0 Å². The Balaban J connectivity index is 1.73. The summed E-state index contributed by atoms with van der Waals surface area (Å²) < 4.78 is 69.6. The lowest BCUT2D eigenvalue weighted by atomic mass is 10.2. The third-order valence-corrected chi connectivity index (χ3v) is 6.29. The molecule has 204 valence electrons. The molecule has 0 radical (unpaired) electrons. The fourth-order valence-electron chi connectivity index (χ4n) is 3.69. The summed E-state index contributed by atoms with van der Waals surface area (Å²) in [6, 6.07) is 10.1. The number of para-hydroxylation sites is 1. The van der Waals surface area contributed by atoms with Crippen LogP contribution in [-0.4, -0.2) is 49.7 Å². The van der Waals surface area contributed by atoms with Crippen LogP contribution in [0.25, 0.3) is 11.4 Å². The molecule has 2 aromatic carbocycles. The number of hydrazine groups is 1. The first kappa shape index (κ1) is 28.3. The minimum absolute atomic E-state index is 0.00774. The molecule has 8 nitrogen and oxygen atoms in total. The van der Waals surface area contributed by atoms with Gasteiger partial charge in [0.2, 0.25) is 0 Å². The van der Waals surface area contributed by atoms with E-state index in [4.69, 9.17) is 34.8 Å². The van der Waals surface area contributed by atoms with E-state index >= 15 is 0 Å². The number of aliphatic hydroxyl groups excluding tert-OH is 1. The van der Waals surface area contributed by atoms with Crippen LogP contribution < -0.4 is 16.1 Å². The molecule has 0 amide bonds. The quantitative estimate of drug-likeness (QED) is 0.374. The van der Waals surface area contributed by atoms with Crippen molar-refractivity contribution in [3.8, 4) is 11.4 Å². The number of nitrogens with zero attached hydrogens (tertiary/aromatic N) is 5. The van der Waals surface area contributed by atoms with Crippen LogP contribution in [0.4, 0.5) is 27.6 Å². The van der Waals surface area contributed by atoms with E-state index in [0.717, 1.165) is 9.69 Å². The topological polar surface area (TPSA) is 87.7 Å². The summed E-state index contributed by atoms with van der Waals surface area (Å²) in [6.45, 7) is -1.01. The Hall–Kier alpha value is -2.71. The first-order chi connectivity index (χ1) is 17.7. The van der Waals surface area contributed by atoms with E-state index in [2.05, 4.69) is 15.5 Å². The SMILES string of the molecule is CC(F)(F)C1=NC(Cn2nc(-c3ccc(Cl)cc3)n(C[C@H](O)C(F)(F)F)c2=O)NN1c1c(Cl)cccc1Cl. The maximum absolute atomic E-state index is 14.5. The predicted octanol–water partition coefficient (Wildman–Crippen LogP) is 5.00. The van der Waals surface area contributed by atoms with Crippen molar-refractivity contribution in [3.63, 3.8) is 0 Å². The highest BCUT2D eigenvalue weighted by Gasteiger charge is 2.43. The number of hydrogen-bond donors (Lipinski definition) is 2. The average Bonchev–Trinajstić information content (AvgIpc) is 3.36. The van der Waals surface area contributed by atoms with E-state index in [1.54, 1.807) is 0 Å². The number of aliphatic imine (C=N–C) groups is 1. The van der Waals surface area contributed by atoms with Crippen LogP contribution >= 0.6 is 34.8 Å². The van der Waals surface area contributed by atoms with Crippen molar-refractivity contribution in [2.24, 2.45) is 4.99 Å². The molecular formula is C22H18Cl3F5N6O2. The van der Waals surface area contributed by atoms with Crippen molar-refractivity contribution in [2.45, 2.75) is 44.4 Å². The highest BCUT2D eigenvalue weighted by atomic mass is 35.5. The zero-order valence-electron chi connectivity index (χ0n) is 19.2. The summed E-state index contributed by atoms with van der Waals surface area (Å²) >= 11 is 18.2. The van der Waals surface area contributed by atoms with Crippen LogP contribution in [0.1, 0.15) is 6.92 Å². The molecule has 1 unspecified atom stereocenters. The predicted molar refractivity (Wildman–Crippen MR) is 133 cm³/mol. The summed E-state index contributed by atoms with van der Waals surface area (Å²) in [5.41, 5.74) is 1.88. The molecule has 0 aliphatic carbocycles. The van der Waals surface area contributed by atoms with E-state index in [9.17, 15) is 31.9 Å². The van der Waals surface area contributed by atoms with E-state index in [0.29, 0.717) is 16.5 Å². The third-order valence-electron chi connectivity index (χ3n) is 5.43. The smallest absolute Gasteiger partial charge is 0.382 e. The molecule has 16 heteroatoms. The molecule has 3 aromatic rings. The van der Waals surface area contributed by atoms with Gasteiger partial charge in [0, 0.05) is 17.5 Å². The van der Waals surface area contributed by atoms with Crippen LogP contribution in [0.5, 0.6) is 0 Å². The summed E-state index contributed by atoms with van der Waals surface area (Å²) in [4.78, 5) is 17.1. The van der Waals surface area contributed by atoms with E-state index < -0.39 is 49.0 Å². The number of rotatable bonds is 7. The molecule has 1 aromatic heterocycles. The Kier molecular flexibility index (Phi) is 7.79. The number of aliphatic hydroxyl groups is 1. The van der Waals surface area contributed by atoms with Gasteiger partial charge in [0.1, 0.15) is 6.17 Å². The standard InChI is InChI=1S/C22H18Cl3F5N6O2/c1-21(26,27)19-31-16(32-36(19)17-13(24)3-2-4-14(17)25)10-35-20(38)34(9-15(37)22(28,29)30)18(33-35)11-5-7-12(23)8-6-11/h2-8,15-16,32,37H,9-10H2,1H3/t15-,16?/m0/s1. The lowest BCUT2D eigenvalue weighted by molar-refractivity contribution is -0.207. The van der Waals surface area contributed by atoms with Gasteiger partial charge in [0.25, 0.3) is 0 Å². The average molecular weight is 600 g/mol. The van der Waals surface area contributed by atoms with Gasteiger partial charge in [-0.1, -0.05) is 40.9 Å². The number of anilines is 1. The minimum Gasteiger partial charge on any atom is -0.382 e. The maximum atomic E-state index is 14.5. The van der Waals surface area contributed by atoms with Crippen molar-refractivity contribution in [1.82, 2.24) is 19.8 Å². The second kappa shape index (κ2) is 10.5. The Bertz CT molecular complexity index is 1400. The molecular weight excluding hydrogens is 582 g/mol. The highest BCUT2D eigenvalue weighted by Crippen LogP contribution is 2.36. The Morgan fingerprint density at radius 1 is 1.05 bits per heavy atom. The van der Waals surface area contributed by atoms with Gasteiger partial charge in [-0.15, -0.1) is 5.10 Å². The van der Waals surface area contributed by atoms with Gasteiger partial charge >= 0.3 is 17.8 Å². The summed E-state index contributed by atoms with van der Waals surface area (Å²) in [7, 11) is 0. The zero-order chi connectivity index (χ0) is 28.0. The molecule has 0 bridgehead atoms. The van der Waals surface area contributed by atoms with Gasteiger partial charge in [-0.25, -0.2) is 19.9 Å². The van der Waals surface area contributed by atoms with Gasteiger partial charge in [-0.3, -0.25) is 9.58 Å². The first-order valence-electron chi connectivity index (χ1n) is 10.8. The van der Waals surface area contributed by atoms with E-state index in [-0.39, 0.29) is 27.1 Å². The summed E-state index contributed by atoms with van der Waals surface area (Å²) in [5, 5.41) is 15.0. The second-order valence-electron chi connectivity index (χ2n) is 8.35. The molecule has 1 aliphatic heterocycles.